The Morgan fingerprint density at radius 3 is 2.18 bits per heavy atom. The minimum atomic E-state index is -5.22. The highest BCUT2D eigenvalue weighted by molar-refractivity contribution is 7.90. The maximum Gasteiger partial charge on any atom is 0.511 e. The molecule has 1 fully saturated rings. The number of sulfonamides is 1. The van der Waals surface area contributed by atoms with Gasteiger partial charge in [-0.15, -0.1) is 0 Å². The SMILES string of the molecule is CC(C)[C@@H]1CCCC[C@H]1NS(=O)(=O)C(F)(F)F. The van der Waals surface area contributed by atoms with E-state index in [2.05, 4.69) is 0 Å². The first-order valence-electron chi connectivity index (χ1n) is 5.74. The summed E-state index contributed by atoms with van der Waals surface area (Å²) in [5, 5.41) is 0. The quantitative estimate of drug-likeness (QED) is 0.859. The molecule has 0 aromatic heterocycles. The normalized spacial score (nSPS) is 27.4. The molecular formula is C10H18F3NO2S. The number of alkyl halides is 3. The van der Waals surface area contributed by atoms with Crippen LogP contribution in [0.1, 0.15) is 39.5 Å². The zero-order valence-corrected chi connectivity index (χ0v) is 10.7. The van der Waals surface area contributed by atoms with Crippen molar-refractivity contribution in [1.82, 2.24) is 4.72 Å². The molecule has 1 N–H and O–H groups in total. The first kappa shape index (κ1) is 14.8. The Kier molecular flexibility index (Phi) is 4.46. The average molecular weight is 273 g/mol. The Morgan fingerprint density at radius 2 is 1.71 bits per heavy atom. The minimum absolute atomic E-state index is 0.0131. The molecule has 3 nitrogen and oxygen atoms in total. The summed E-state index contributed by atoms with van der Waals surface area (Å²) in [5.74, 6) is 0.164. The van der Waals surface area contributed by atoms with Crippen molar-refractivity contribution in [3.63, 3.8) is 0 Å². The van der Waals surface area contributed by atoms with Gasteiger partial charge in [0.1, 0.15) is 0 Å². The molecule has 0 spiro atoms. The summed E-state index contributed by atoms with van der Waals surface area (Å²) in [6.07, 6.45) is 2.99. The van der Waals surface area contributed by atoms with Crippen molar-refractivity contribution in [1.29, 1.82) is 0 Å². The highest BCUT2D eigenvalue weighted by atomic mass is 32.2. The van der Waals surface area contributed by atoms with E-state index in [0.717, 1.165) is 19.3 Å². The first-order valence-corrected chi connectivity index (χ1v) is 7.22. The molecule has 1 aliphatic carbocycles. The lowest BCUT2D eigenvalue weighted by Gasteiger charge is -2.34. The average Bonchev–Trinajstić information content (AvgIpc) is 2.15. The molecular weight excluding hydrogens is 255 g/mol. The van der Waals surface area contributed by atoms with Crippen molar-refractivity contribution >= 4 is 10.0 Å². The van der Waals surface area contributed by atoms with Gasteiger partial charge in [-0.25, -0.2) is 13.1 Å². The lowest BCUT2D eigenvalue weighted by Crippen LogP contribution is -2.48. The number of nitrogens with one attached hydrogen (secondary N) is 1. The fourth-order valence-corrected chi connectivity index (χ4v) is 3.19. The molecule has 0 unspecified atom stereocenters. The minimum Gasteiger partial charge on any atom is -0.204 e. The lowest BCUT2D eigenvalue weighted by atomic mass is 9.78. The molecule has 0 radical (unpaired) electrons. The summed E-state index contributed by atoms with van der Waals surface area (Å²) in [5.41, 5.74) is -5.22. The Labute approximate surface area is 99.8 Å². The summed E-state index contributed by atoms with van der Waals surface area (Å²) in [6.45, 7) is 3.82. The Bertz CT molecular complexity index is 351. The van der Waals surface area contributed by atoms with E-state index < -0.39 is 21.6 Å². The topological polar surface area (TPSA) is 46.2 Å². The summed E-state index contributed by atoms with van der Waals surface area (Å²) < 4.78 is 60.7. The van der Waals surface area contributed by atoms with Crippen LogP contribution in [-0.4, -0.2) is 20.0 Å². The van der Waals surface area contributed by atoms with E-state index in [0.29, 0.717) is 6.42 Å². The number of hydrogen-bond acceptors (Lipinski definition) is 2. The molecule has 1 saturated carbocycles. The van der Waals surface area contributed by atoms with Crippen LogP contribution in [-0.2, 0) is 10.0 Å². The van der Waals surface area contributed by atoms with Gasteiger partial charge in [0.25, 0.3) is 0 Å². The molecule has 0 aliphatic heterocycles. The monoisotopic (exact) mass is 273 g/mol. The van der Waals surface area contributed by atoms with Gasteiger partial charge in [-0.05, 0) is 24.7 Å². The molecule has 0 aromatic carbocycles. The Morgan fingerprint density at radius 1 is 1.18 bits per heavy atom. The van der Waals surface area contributed by atoms with E-state index >= 15 is 0 Å². The maximum atomic E-state index is 12.3. The van der Waals surface area contributed by atoms with Crippen LogP contribution in [0.5, 0.6) is 0 Å². The highest BCUT2D eigenvalue weighted by Crippen LogP contribution is 2.32. The van der Waals surface area contributed by atoms with Gasteiger partial charge in [0.2, 0.25) is 0 Å². The number of rotatable bonds is 3. The van der Waals surface area contributed by atoms with Crippen molar-refractivity contribution in [2.45, 2.75) is 51.1 Å². The summed E-state index contributed by atoms with van der Waals surface area (Å²) >= 11 is 0. The van der Waals surface area contributed by atoms with Crippen molar-refractivity contribution in [3.8, 4) is 0 Å². The van der Waals surface area contributed by atoms with Crippen molar-refractivity contribution in [2.75, 3.05) is 0 Å². The molecule has 2 atom stereocenters. The van der Waals surface area contributed by atoms with Crippen LogP contribution in [0.25, 0.3) is 0 Å². The Hall–Kier alpha value is -0.300. The number of hydrogen-bond donors (Lipinski definition) is 1. The van der Waals surface area contributed by atoms with Gasteiger partial charge in [0, 0.05) is 6.04 Å². The molecule has 1 rings (SSSR count). The summed E-state index contributed by atoms with van der Waals surface area (Å²) in [6, 6.07) is -0.588. The van der Waals surface area contributed by atoms with E-state index in [1.807, 2.05) is 18.6 Å². The summed E-state index contributed by atoms with van der Waals surface area (Å²) in [7, 11) is -5.21. The lowest BCUT2D eigenvalue weighted by molar-refractivity contribution is -0.0455. The van der Waals surface area contributed by atoms with E-state index in [1.165, 1.54) is 0 Å². The Balaban J connectivity index is 2.79. The van der Waals surface area contributed by atoms with Crippen LogP contribution < -0.4 is 4.72 Å². The second-order valence-electron chi connectivity index (χ2n) is 4.87. The van der Waals surface area contributed by atoms with Gasteiger partial charge in [0.05, 0.1) is 0 Å². The van der Waals surface area contributed by atoms with Gasteiger partial charge in [-0.1, -0.05) is 26.7 Å². The van der Waals surface area contributed by atoms with Crippen LogP contribution in [0.15, 0.2) is 0 Å². The van der Waals surface area contributed by atoms with Gasteiger partial charge in [-0.3, -0.25) is 0 Å². The predicted octanol–water partition coefficient (Wildman–Crippen LogP) is 2.64. The van der Waals surface area contributed by atoms with E-state index in [9.17, 15) is 21.6 Å². The van der Waals surface area contributed by atoms with Crippen molar-refractivity contribution in [3.05, 3.63) is 0 Å². The fourth-order valence-electron chi connectivity index (χ4n) is 2.37. The van der Waals surface area contributed by atoms with Crippen LogP contribution >= 0.6 is 0 Å². The second-order valence-corrected chi connectivity index (χ2v) is 6.57. The van der Waals surface area contributed by atoms with Crippen molar-refractivity contribution in [2.24, 2.45) is 11.8 Å². The predicted molar refractivity (Wildman–Crippen MR) is 58.7 cm³/mol. The molecule has 1 aliphatic rings. The maximum absolute atomic E-state index is 12.3. The standard InChI is InChI=1S/C10H18F3NO2S/c1-7(2)8-5-3-4-6-9(8)14-17(15,16)10(11,12)13/h7-9,14H,3-6H2,1-2H3/t8-,9+/m0/s1. The smallest absolute Gasteiger partial charge is 0.204 e. The van der Waals surface area contributed by atoms with Gasteiger partial charge in [0.15, 0.2) is 0 Å². The van der Waals surface area contributed by atoms with Gasteiger partial charge < -0.3 is 0 Å². The third-order valence-electron chi connectivity index (χ3n) is 3.29. The molecule has 0 aromatic rings. The van der Waals surface area contributed by atoms with Crippen LogP contribution in [0.3, 0.4) is 0 Å². The highest BCUT2D eigenvalue weighted by Gasteiger charge is 2.47. The molecule has 0 bridgehead atoms. The zero-order chi connectivity index (χ0) is 13.3. The molecule has 0 saturated heterocycles. The van der Waals surface area contributed by atoms with E-state index in [1.54, 1.807) is 0 Å². The van der Waals surface area contributed by atoms with Crippen LogP contribution in [0, 0.1) is 11.8 Å². The zero-order valence-electron chi connectivity index (χ0n) is 9.92. The van der Waals surface area contributed by atoms with E-state index in [-0.39, 0.29) is 11.8 Å². The molecule has 102 valence electrons. The third-order valence-corrected chi connectivity index (χ3v) is 4.51. The largest absolute Gasteiger partial charge is 0.511 e. The first-order chi connectivity index (χ1) is 7.65. The van der Waals surface area contributed by atoms with Crippen molar-refractivity contribution < 1.29 is 21.6 Å². The second kappa shape index (κ2) is 5.14. The molecule has 17 heavy (non-hydrogen) atoms. The van der Waals surface area contributed by atoms with Crippen LogP contribution in [0.2, 0.25) is 0 Å². The summed E-state index contributed by atoms with van der Waals surface area (Å²) in [4.78, 5) is 0. The molecule has 7 heteroatoms. The van der Waals surface area contributed by atoms with Crippen LogP contribution in [0.4, 0.5) is 13.2 Å². The van der Waals surface area contributed by atoms with Gasteiger partial charge >= 0.3 is 15.5 Å². The third kappa shape index (κ3) is 3.58. The fraction of sp³-hybridized carbons (Fsp3) is 1.00. The van der Waals surface area contributed by atoms with E-state index in [4.69, 9.17) is 0 Å². The molecule has 0 heterocycles. The number of halogens is 3. The molecule has 0 amide bonds. The van der Waals surface area contributed by atoms with Gasteiger partial charge in [-0.2, -0.15) is 13.2 Å².